The van der Waals surface area contributed by atoms with Crippen LogP contribution < -0.4 is 11.0 Å². The highest BCUT2D eigenvalue weighted by Crippen LogP contribution is 2.42. The number of nitrogens with one attached hydrogen (secondary N) is 2. The zero-order valence-corrected chi connectivity index (χ0v) is 10.8. The zero-order valence-electron chi connectivity index (χ0n) is 9.89. The summed E-state index contributed by atoms with van der Waals surface area (Å²) < 4.78 is 20.8. The third kappa shape index (κ3) is 4.73. The monoisotopic (exact) mass is 280 g/mol. The van der Waals surface area contributed by atoms with Crippen molar-refractivity contribution < 1.29 is 18.7 Å². The Bertz CT molecular complexity index is 503. The van der Waals surface area contributed by atoms with Crippen molar-refractivity contribution in [2.24, 2.45) is 0 Å². The predicted octanol–water partition coefficient (Wildman–Crippen LogP) is 3.17. The molecule has 6 nitrogen and oxygen atoms in total. The van der Waals surface area contributed by atoms with Crippen LogP contribution in [0.1, 0.15) is 0 Å². The molecular formula is C12H13N2O4P. The lowest BCUT2D eigenvalue weighted by molar-refractivity contribution is 0.200. The number of para-hydroxylation sites is 2. The normalized spacial score (nSPS) is 11.0. The van der Waals surface area contributed by atoms with Crippen LogP contribution in [-0.4, -0.2) is 4.89 Å². The van der Waals surface area contributed by atoms with Crippen LogP contribution in [-0.2, 0) is 13.8 Å². The Morgan fingerprint density at radius 1 is 0.789 bits per heavy atom. The van der Waals surface area contributed by atoms with Gasteiger partial charge in [0.25, 0.3) is 0 Å². The maximum Gasteiger partial charge on any atom is 0.515 e. The molecule has 0 radical (unpaired) electrons. The average Bonchev–Trinajstić information content (AvgIpc) is 2.46. The Balaban J connectivity index is 1.84. The third-order valence-corrected chi connectivity index (χ3v) is 2.75. The predicted molar refractivity (Wildman–Crippen MR) is 72.1 cm³/mol. The summed E-state index contributed by atoms with van der Waals surface area (Å²) in [7, 11) is -4.25. The van der Waals surface area contributed by atoms with Gasteiger partial charge in [-0.15, -0.1) is 0 Å². The van der Waals surface area contributed by atoms with Gasteiger partial charge in [-0.05, 0) is 24.3 Å². The van der Waals surface area contributed by atoms with E-state index >= 15 is 0 Å². The molecule has 19 heavy (non-hydrogen) atoms. The maximum atomic E-state index is 11.5. The molecule has 0 aliphatic rings. The van der Waals surface area contributed by atoms with Gasteiger partial charge in [-0.1, -0.05) is 36.4 Å². The van der Waals surface area contributed by atoms with Gasteiger partial charge < -0.3 is 0 Å². The highest BCUT2D eigenvalue weighted by molar-refractivity contribution is 7.47. The van der Waals surface area contributed by atoms with E-state index in [9.17, 15) is 9.46 Å². The Hall–Kier alpha value is -1.85. The molecule has 0 heterocycles. The summed E-state index contributed by atoms with van der Waals surface area (Å²) >= 11 is 0. The fourth-order valence-electron chi connectivity index (χ4n) is 1.25. The largest absolute Gasteiger partial charge is 0.515 e. The molecule has 0 fully saturated rings. The Morgan fingerprint density at radius 2 is 1.16 bits per heavy atom. The first kappa shape index (κ1) is 13.6. The minimum Gasteiger partial charge on any atom is -0.300 e. The average molecular weight is 280 g/mol. The van der Waals surface area contributed by atoms with E-state index in [0.29, 0.717) is 11.4 Å². The summed E-state index contributed by atoms with van der Waals surface area (Å²) in [5.74, 6) is 0. The molecule has 7 heteroatoms. The second-order valence-corrected chi connectivity index (χ2v) is 4.89. The van der Waals surface area contributed by atoms with E-state index in [1.807, 2.05) is 12.1 Å². The summed E-state index contributed by atoms with van der Waals surface area (Å²) in [4.78, 5) is 9.42. The molecule has 0 amide bonds. The van der Waals surface area contributed by atoms with Crippen LogP contribution in [0.5, 0.6) is 0 Å². The van der Waals surface area contributed by atoms with Crippen LogP contribution in [0.2, 0.25) is 0 Å². The molecule has 2 aromatic carbocycles. The zero-order chi connectivity index (χ0) is 13.6. The van der Waals surface area contributed by atoms with E-state index in [1.54, 1.807) is 48.5 Å². The van der Waals surface area contributed by atoms with Crippen molar-refractivity contribution in [2.75, 3.05) is 11.0 Å². The van der Waals surface area contributed by atoms with Gasteiger partial charge in [0.15, 0.2) is 0 Å². The molecule has 0 aliphatic carbocycles. The maximum absolute atomic E-state index is 11.5. The van der Waals surface area contributed by atoms with Crippen LogP contribution in [0, 0.1) is 0 Å². The second kappa shape index (κ2) is 6.36. The fraction of sp³-hybridized carbons (Fsp3) is 0. The molecule has 2 rings (SSSR count). The van der Waals surface area contributed by atoms with Crippen LogP contribution >= 0.6 is 7.82 Å². The number of hydrogen-bond donors (Lipinski definition) is 3. The number of rotatable bonds is 6. The van der Waals surface area contributed by atoms with Crippen molar-refractivity contribution in [1.29, 1.82) is 0 Å². The van der Waals surface area contributed by atoms with Gasteiger partial charge in [0.05, 0.1) is 11.4 Å². The summed E-state index contributed by atoms with van der Waals surface area (Å²) in [6, 6.07) is 17.4. The van der Waals surface area contributed by atoms with E-state index in [1.165, 1.54) is 0 Å². The van der Waals surface area contributed by atoms with E-state index in [0.717, 1.165) is 0 Å². The van der Waals surface area contributed by atoms with Gasteiger partial charge in [0, 0.05) is 0 Å². The van der Waals surface area contributed by atoms with E-state index in [4.69, 9.17) is 0 Å². The fourth-order valence-corrected chi connectivity index (χ4v) is 1.73. The molecule has 0 atom stereocenters. The Morgan fingerprint density at radius 3 is 1.53 bits per heavy atom. The smallest absolute Gasteiger partial charge is 0.300 e. The summed E-state index contributed by atoms with van der Waals surface area (Å²) in [5, 5.41) is 0. The molecule has 0 unspecified atom stereocenters. The molecule has 0 bridgehead atoms. The van der Waals surface area contributed by atoms with E-state index in [-0.39, 0.29) is 0 Å². The molecule has 0 spiro atoms. The quantitative estimate of drug-likeness (QED) is 0.557. The second-order valence-electron chi connectivity index (χ2n) is 3.59. The lowest BCUT2D eigenvalue weighted by atomic mass is 10.3. The molecular weight excluding hydrogens is 267 g/mol. The topological polar surface area (TPSA) is 79.8 Å². The number of anilines is 2. The Kier molecular flexibility index (Phi) is 4.54. The molecule has 0 saturated carbocycles. The van der Waals surface area contributed by atoms with E-state index < -0.39 is 7.82 Å². The summed E-state index contributed by atoms with van der Waals surface area (Å²) in [6.07, 6.45) is 0. The molecule has 0 aromatic heterocycles. The van der Waals surface area contributed by atoms with Gasteiger partial charge in [-0.25, -0.2) is 4.57 Å². The van der Waals surface area contributed by atoms with E-state index in [2.05, 4.69) is 20.2 Å². The first-order chi connectivity index (χ1) is 9.16. The summed E-state index contributed by atoms with van der Waals surface area (Å²) in [5.41, 5.74) is 5.77. The highest BCUT2D eigenvalue weighted by Gasteiger charge is 2.22. The first-order valence-electron chi connectivity index (χ1n) is 5.48. The Labute approximate surface area is 110 Å². The van der Waals surface area contributed by atoms with Crippen LogP contribution in [0.15, 0.2) is 60.7 Å². The van der Waals surface area contributed by atoms with Gasteiger partial charge in [0.2, 0.25) is 0 Å². The number of hydrogen-bond acceptors (Lipinski definition) is 5. The van der Waals surface area contributed by atoms with Gasteiger partial charge in [-0.2, -0.15) is 9.25 Å². The SMILES string of the molecule is O=P(O)(ONc1ccccc1)ONc1ccccc1. The van der Waals surface area contributed by atoms with Gasteiger partial charge >= 0.3 is 7.82 Å². The van der Waals surface area contributed by atoms with Crippen molar-refractivity contribution in [3.05, 3.63) is 60.7 Å². The van der Waals surface area contributed by atoms with Crippen molar-refractivity contribution in [3.8, 4) is 0 Å². The number of benzene rings is 2. The third-order valence-electron chi connectivity index (χ3n) is 2.11. The molecule has 2 aromatic rings. The lowest BCUT2D eigenvalue weighted by Gasteiger charge is -2.13. The minimum absolute atomic E-state index is 0.542. The number of phosphoric acid groups is 1. The van der Waals surface area contributed by atoms with Crippen molar-refractivity contribution in [3.63, 3.8) is 0 Å². The van der Waals surface area contributed by atoms with Crippen LogP contribution in [0.4, 0.5) is 11.4 Å². The molecule has 0 saturated heterocycles. The van der Waals surface area contributed by atoms with Crippen molar-refractivity contribution >= 4 is 19.2 Å². The van der Waals surface area contributed by atoms with Crippen molar-refractivity contribution in [2.45, 2.75) is 0 Å². The molecule has 100 valence electrons. The first-order valence-corrected chi connectivity index (χ1v) is 6.97. The molecule has 0 aliphatic heterocycles. The summed E-state index contributed by atoms with van der Waals surface area (Å²) in [6.45, 7) is 0. The van der Waals surface area contributed by atoms with Crippen LogP contribution in [0.3, 0.4) is 0 Å². The van der Waals surface area contributed by atoms with Gasteiger partial charge in [0.1, 0.15) is 0 Å². The van der Waals surface area contributed by atoms with Gasteiger partial charge in [-0.3, -0.25) is 15.9 Å². The standard InChI is InChI=1S/C12H13N2O4P/c15-19(16,17-13-11-7-3-1-4-8-11)18-14-12-9-5-2-6-10-12/h1-10,13-14H,(H,15,16). The lowest BCUT2D eigenvalue weighted by Crippen LogP contribution is -2.05. The van der Waals surface area contributed by atoms with Crippen molar-refractivity contribution in [1.82, 2.24) is 0 Å². The van der Waals surface area contributed by atoms with Crippen LogP contribution in [0.25, 0.3) is 0 Å². The minimum atomic E-state index is -4.25. The highest BCUT2D eigenvalue weighted by atomic mass is 31.2. The molecule has 3 N–H and O–H groups in total.